The molecule has 0 aliphatic rings. The van der Waals surface area contributed by atoms with Crippen molar-refractivity contribution < 1.29 is 19.0 Å². The van der Waals surface area contributed by atoms with E-state index >= 15 is 0 Å². The van der Waals surface area contributed by atoms with Crippen molar-refractivity contribution in [2.45, 2.75) is 0 Å². The first-order valence-corrected chi connectivity index (χ1v) is 6.58. The van der Waals surface area contributed by atoms with Crippen molar-refractivity contribution in [3.63, 3.8) is 0 Å². The largest absolute Gasteiger partial charge is 0.492 e. The number of halogens is 2. The first-order chi connectivity index (χ1) is 10.0. The molecule has 2 aromatic rings. The van der Waals surface area contributed by atoms with E-state index in [1.165, 1.54) is 24.3 Å². The van der Waals surface area contributed by atoms with Gasteiger partial charge in [-0.25, -0.2) is 9.18 Å². The van der Waals surface area contributed by atoms with Gasteiger partial charge in [-0.2, -0.15) is 0 Å². The van der Waals surface area contributed by atoms with Crippen molar-refractivity contribution in [2.75, 3.05) is 18.5 Å². The molecule has 0 amide bonds. The van der Waals surface area contributed by atoms with Crippen LogP contribution in [0.15, 0.2) is 42.5 Å². The molecule has 21 heavy (non-hydrogen) atoms. The summed E-state index contributed by atoms with van der Waals surface area (Å²) in [5, 5.41) is 12.1. The highest BCUT2D eigenvalue weighted by atomic mass is 35.5. The normalized spacial score (nSPS) is 10.2. The standard InChI is InChI=1S/C15H13ClFNO3/c16-11-7-12(17)9-13(8-11)18-5-6-21-14-3-1-10(2-4-14)15(19)20/h1-4,7-9,18H,5-6H2,(H,19,20). The molecule has 0 heterocycles. The highest BCUT2D eigenvalue weighted by Crippen LogP contribution is 2.18. The smallest absolute Gasteiger partial charge is 0.335 e. The molecule has 0 aromatic heterocycles. The van der Waals surface area contributed by atoms with Gasteiger partial charge in [-0.3, -0.25) is 0 Å². The Morgan fingerprint density at radius 3 is 2.57 bits per heavy atom. The number of rotatable bonds is 6. The van der Waals surface area contributed by atoms with E-state index in [0.29, 0.717) is 29.6 Å². The Labute approximate surface area is 126 Å². The Bertz CT molecular complexity index is 611. The van der Waals surface area contributed by atoms with Gasteiger partial charge in [0.1, 0.15) is 18.2 Å². The molecule has 0 atom stereocenters. The quantitative estimate of drug-likeness (QED) is 0.799. The second-order valence-electron chi connectivity index (χ2n) is 4.26. The van der Waals surface area contributed by atoms with Gasteiger partial charge in [-0.05, 0) is 42.5 Å². The van der Waals surface area contributed by atoms with Crippen LogP contribution in [0.4, 0.5) is 10.1 Å². The summed E-state index contributed by atoms with van der Waals surface area (Å²) in [6.45, 7) is 0.807. The number of carbonyl (C=O) groups is 1. The first kappa shape index (κ1) is 15.1. The minimum absolute atomic E-state index is 0.204. The van der Waals surface area contributed by atoms with Crippen molar-refractivity contribution in [1.82, 2.24) is 0 Å². The summed E-state index contributed by atoms with van der Waals surface area (Å²) in [5.74, 6) is -0.819. The van der Waals surface area contributed by atoms with Gasteiger partial charge >= 0.3 is 5.97 Å². The fourth-order valence-corrected chi connectivity index (χ4v) is 1.94. The molecular weight excluding hydrogens is 297 g/mol. The molecule has 0 radical (unpaired) electrons. The van der Waals surface area contributed by atoms with Gasteiger partial charge in [0.25, 0.3) is 0 Å². The fraction of sp³-hybridized carbons (Fsp3) is 0.133. The van der Waals surface area contributed by atoms with Gasteiger partial charge in [-0.15, -0.1) is 0 Å². The monoisotopic (exact) mass is 309 g/mol. The summed E-state index contributed by atoms with van der Waals surface area (Å²) in [5.41, 5.74) is 0.778. The van der Waals surface area contributed by atoms with Gasteiger partial charge in [0.2, 0.25) is 0 Å². The third-order valence-electron chi connectivity index (χ3n) is 2.66. The summed E-state index contributed by atoms with van der Waals surface area (Å²) < 4.78 is 18.5. The van der Waals surface area contributed by atoms with Crippen LogP contribution in [-0.2, 0) is 0 Å². The third-order valence-corrected chi connectivity index (χ3v) is 2.88. The number of ether oxygens (including phenoxy) is 1. The van der Waals surface area contributed by atoms with Crippen molar-refractivity contribution >= 4 is 23.3 Å². The highest BCUT2D eigenvalue weighted by Gasteiger charge is 2.02. The number of hydrogen-bond acceptors (Lipinski definition) is 3. The summed E-state index contributed by atoms with van der Waals surface area (Å²) >= 11 is 5.74. The number of carboxylic acids is 1. The molecule has 0 spiro atoms. The fourth-order valence-electron chi connectivity index (χ4n) is 1.71. The van der Waals surface area contributed by atoms with Crippen LogP contribution >= 0.6 is 11.6 Å². The van der Waals surface area contributed by atoms with E-state index in [2.05, 4.69) is 5.32 Å². The van der Waals surface area contributed by atoms with Gasteiger partial charge in [0.15, 0.2) is 0 Å². The van der Waals surface area contributed by atoms with Crippen molar-refractivity contribution in [3.05, 3.63) is 58.9 Å². The predicted molar refractivity (Wildman–Crippen MR) is 78.8 cm³/mol. The number of benzene rings is 2. The molecule has 0 unspecified atom stereocenters. The molecule has 0 fully saturated rings. The molecular formula is C15H13ClFNO3. The van der Waals surface area contributed by atoms with E-state index in [1.54, 1.807) is 18.2 Å². The maximum absolute atomic E-state index is 13.1. The Balaban J connectivity index is 1.80. The van der Waals surface area contributed by atoms with E-state index < -0.39 is 11.8 Å². The minimum atomic E-state index is -0.980. The second kappa shape index (κ2) is 6.95. The third kappa shape index (κ3) is 4.65. The lowest BCUT2D eigenvalue weighted by molar-refractivity contribution is 0.0697. The molecule has 0 aliphatic heterocycles. The van der Waals surface area contributed by atoms with E-state index in [4.69, 9.17) is 21.4 Å². The van der Waals surface area contributed by atoms with Crippen LogP contribution in [0.2, 0.25) is 5.02 Å². The molecule has 2 N–H and O–H groups in total. The van der Waals surface area contributed by atoms with Gasteiger partial charge in [0, 0.05) is 17.3 Å². The van der Waals surface area contributed by atoms with E-state index in [0.717, 1.165) is 0 Å². The summed E-state index contributed by atoms with van der Waals surface area (Å²) in [6.07, 6.45) is 0. The van der Waals surface area contributed by atoms with Crippen molar-refractivity contribution in [2.24, 2.45) is 0 Å². The molecule has 6 heteroatoms. The average Bonchev–Trinajstić information content (AvgIpc) is 2.43. The molecule has 4 nitrogen and oxygen atoms in total. The number of nitrogens with one attached hydrogen (secondary N) is 1. The Hall–Kier alpha value is -2.27. The van der Waals surface area contributed by atoms with Crippen LogP contribution in [0, 0.1) is 5.82 Å². The lowest BCUT2D eigenvalue weighted by Gasteiger charge is -2.09. The number of hydrogen-bond donors (Lipinski definition) is 2. The zero-order chi connectivity index (χ0) is 15.2. The van der Waals surface area contributed by atoms with Crippen molar-refractivity contribution in [1.29, 1.82) is 0 Å². The Morgan fingerprint density at radius 1 is 1.24 bits per heavy atom. The maximum Gasteiger partial charge on any atom is 0.335 e. The molecule has 0 saturated carbocycles. The van der Waals surface area contributed by atoms with Crippen LogP contribution in [0.5, 0.6) is 5.75 Å². The summed E-state index contributed by atoms with van der Waals surface area (Å²) in [4.78, 5) is 10.7. The van der Waals surface area contributed by atoms with Crippen LogP contribution in [0.25, 0.3) is 0 Å². The average molecular weight is 310 g/mol. The molecule has 2 aromatic carbocycles. The molecule has 0 aliphatic carbocycles. The first-order valence-electron chi connectivity index (χ1n) is 6.21. The summed E-state index contributed by atoms with van der Waals surface area (Å²) in [6, 6.07) is 10.3. The zero-order valence-corrected chi connectivity index (χ0v) is 11.7. The van der Waals surface area contributed by atoms with Crippen LogP contribution in [-0.4, -0.2) is 24.2 Å². The number of anilines is 1. The van der Waals surface area contributed by atoms with E-state index in [-0.39, 0.29) is 5.56 Å². The van der Waals surface area contributed by atoms with Crippen LogP contribution < -0.4 is 10.1 Å². The Morgan fingerprint density at radius 2 is 1.95 bits per heavy atom. The minimum Gasteiger partial charge on any atom is -0.492 e. The molecule has 0 saturated heterocycles. The van der Waals surface area contributed by atoms with Gasteiger partial charge in [-0.1, -0.05) is 11.6 Å². The van der Waals surface area contributed by atoms with Gasteiger partial charge in [0.05, 0.1) is 5.56 Å². The van der Waals surface area contributed by atoms with E-state index in [1.807, 2.05) is 0 Å². The van der Waals surface area contributed by atoms with Gasteiger partial charge < -0.3 is 15.2 Å². The maximum atomic E-state index is 13.1. The SMILES string of the molecule is O=C(O)c1ccc(OCCNc2cc(F)cc(Cl)c2)cc1. The number of aromatic carboxylic acids is 1. The zero-order valence-electron chi connectivity index (χ0n) is 11.0. The number of carboxylic acid groups (broad SMARTS) is 1. The predicted octanol–water partition coefficient (Wildman–Crippen LogP) is 3.67. The van der Waals surface area contributed by atoms with E-state index in [9.17, 15) is 9.18 Å². The highest BCUT2D eigenvalue weighted by molar-refractivity contribution is 6.30. The molecule has 2 rings (SSSR count). The summed E-state index contributed by atoms with van der Waals surface area (Å²) in [7, 11) is 0. The van der Waals surface area contributed by atoms with Crippen molar-refractivity contribution in [3.8, 4) is 5.75 Å². The molecule has 110 valence electrons. The molecule has 0 bridgehead atoms. The topological polar surface area (TPSA) is 58.6 Å². The second-order valence-corrected chi connectivity index (χ2v) is 4.70. The van der Waals surface area contributed by atoms with Crippen LogP contribution in [0.3, 0.4) is 0 Å². The lowest BCUT2D eigenvalue weighted by atomic mass is 10.2. The lowest BCUT2D eigenvalue weighted by Crippen LogP contribution is -2.11. The van der Waals surface area contributed by atoms with Crippen LogP contribution in [0.1, 0.15) is 10.4 Å². The Kier molecular flexibility index (Phi) is 5.00.